The Morgan fingerprint density at radius 2 is 2.44 bits per heavy atom. The molecule has 1 nitrogen and oxygen atoms in total. The molecule has 9 heavy (non-hydrogen) atoms. The summed E-state index contributed by atoms with van der Waals surface area (Å²) in [4.78, 5) is 3.78. The summed E-state index contributed by atoms with van der Waals surface area (Å²) in [6.45, 7) is 0. The predicted octanol–water partition coefficient (Wildman–Crippen LogP) is 3.24. The molecule has 0 aliphatic heterocycles. The van der Waals surface area contributed by atoms with Crippen LogP contribution in [0.15, 0.2) is 20.9 Å². The standard InChI is InChI=1S/C5H2BrNS2/c6-4-1-2-5(9-4)7-3-8/h1-2H. The van der Waals surface area contributed by atoms with Gasteiger partial charge in [-0.3, -0.25) is 0 Å². The van der Waals surface area contributed by atoms with Gasteiger partial charge in [-0.25, -0.2) is 0 Å². The highest BCUT2D eigenvalue weighted by Gasteiger charge is 1.91. The fraction of sp³-hybridized carbons (Fsp3) is 0. The topological polar surface area (TPSA) is 12.4 Å². The molecule has 1 rings (SSSR count). The molecule has 0 aromatic carbocycles. The van der Waals surface area contributed by atoms with Crippen molar-refractivity contribution in [3.8, 4) is 0 Å². The van der Waals surface area contributed by atoms with E-state index in [9.17, 15) is 0 Å². The molecule has 0 amide bonds. The predicted molar refractivity (Wildman–Crippen MR) is 46.7 cm³/mol. The van der Waals surface area contributed by atoms with Crippen LogP contribution in [-0.2, 0) is 0 Å². The van der Waals surface area contributed by atoms with Crippen LogP contribution in [0.25, 0.3) is 0 Å². The molecule has 0 spiro atoms. The Morgan fingerprint density at radius 1 is 1.67 bits per heavy atom. The minimum atomic E-state index is 0.886. The second-order valence-electron chi connectivity index (χ2n) is 1.28. The lowest BCUT2D eigenvalue weighted by Crippen LogP contribution is -1.41. The number of halogens is 1. The zero-order valence-electron chi connectivity index (χ0n) is 4.30. The van der Waals surface area contributed by atoms with E-state index in [1.807, 2.05) is 12.1 Å². The summed E-state index contributed by atoms with van der Waals surface area (Å²) in [7, 11) is 0. The van der Waals surface area contributed by atoms with Crippen LogP contribution in [0.2, 0.25) is 0 Å². The number of isothiocyanates is 1. The molecular weight excluding hydrogens is 218 g/mol. The van der Waals surface area contributed by atoms with Crippen molar-refractivity contribution in [2.24, 2.45) is 4.99 Å². The number of rotatable bonds is 1. The highest BCUT2D eigenvalue weighted by molar-refractivity contribution is 9.11. The molecule has 4 heteroatoms. The van der Waals surface area contributed by atoms with Crippen molar-refractivity contribution in [1.82, 2.24) is 0 Å². The van der Waals surface area contributed by atoms with Crippen LogP contribution in [0.4, 0.5) is 5.00 Å². The average Bonchev–Trinajstić information content (AvgIpc) is 2.17. The second kappa shape index (κ2) is 3.22. The third kappa shape index (κ3) is 1.99. The maximum absolute atomic E-state index is 4.42. The van der Waals surface area contributed by atoms with Crippen molar-refractivity contribution in [2.45, 2.75) is 0 Å². The first-order valence-corrected chi connectivity index (χ1v) is 4.18. The van der Waals surface area contributed by atoms with Crippen LogP contribution in [-0.4, -0.2) is 5.16 Å². The van der Waals surface area contributed by atoms with Gasteiger partial charge in [0.2, 0.25) is 0 Å². The van der Waals surface area contributed by atoms with E-state index < -0.39 is 0 Å². The van der Waals surface area contributed by atoms with Crippen LogP contribution in [0, 0.1) is 0 Å². The number of aliphatic imine (C=N–C) groups is 1. The lowest BCUT2D eigenvalue weighted by Gasteiger charge is -1.72. The van der Waals surface area contributed by atoms with E-state index in [0.717, 1.165) is 8.79 Å². The summed E-state index contributed by atoms with van der Waals surface area (Å²) in [5.41, 5.74) is 0. The van der Waals surface area contributed by atoms with Crippen LogP contribution in [0.1, 0.15) is 0 Å². The number of thiophene rings is 1. The van der Waals surface area contributed by atoms with Crippen LogP contribution >= 0.6 is 39.5 Å². The van der Waals surface area contributed by atoms with Gasteiger partial charge < -0.3 is 0 Å². The molecule has 0 atom stereocenters. The first kappa shape index (κ1) is 7.09. The highest BCUT2D eigenvalue weighted by Crippen LogP contribution is 2.28. The van der Waals surface area contributed by atoms with Gasteiger partial charge in [0.1, 0.15) is 5.00 Å². The van der Waals surface area contributed by atoms with Crippen molar-refractivity contribution in [3.05, 3.63) is 15.9 Å². The van der Waals surface area contributed by atoms with Crippen molar-refractivity contribution < 1.29 is 0 Å². The van der Waals surface area contributed by atoms with Gasteiger partial charge in [-0.2, -0.15) is 4.99 Å². The van der Waals surface area contributed by atoms with Gasteiger partial charge in [0.05, 0.1) is 8.95 Å². The molecule has 0 unspecified atom stereocenters. The summed E-state index contributed by atoms with van der Waals surface area (Å²) in [5, 5.41) is 3.18. The molecule has 0 N–H and O–H groups in total. The molecule has 0 saturated carbocycles. The van der Waals surface area contributed by atoms with Crippen LogP contribution < -0.4 is 0 Å². The maximum atomic E-state index is 4.42. The van der Waals surface area contributed by atoms with E-state index >= 15 is 0 Å². The zero-order valence-corrected chi connectivity index (χ0v) is 7.52. The molecule has 0 radical (unpaired) electrons. The summed E-state index contributed by atoms with van der Waals surface area (Å²) >= 11 is 9.25. The Labute approximate surface area is 70.6 Å². The lowest BCUT2D eigenvalue weighted by molar-refractivity contribution is 1.69. The number of nitrogens with zero attached hydrogens (tertiary/aromatic N) is 1. The van der Waals surface area contributed by atoms with Crippen molar-refractivity contribution in [2.75, 3.05) is 0 Å². The van der Waals surface area contributed by atoms with Crippen molar-refractivity contribution in [1.29, 1.82) is 0 Å². The summed E-state index contributed by atoms with van der Waals surface area (Å²) in [5.74, 6) is 0. The maximum Gasteiger partial charge on any atom is 0.128 e. The van der Waals surface area contributed by atoms with Gasteiger partial charge in [0, 0.05) is 0 Å². The van der Waals surface area contributed by atoms with E-state index in [-0.39, 0.29) is 0 Å². The third-order valence-corrected chi connectivity index (χ3v) is 2.32. The summed E-state index contributed by atoms with van der Waals surface area (Å²) < 4.78 is 1.06. The molecule has 0 saturated heterocycles. The lowest BCUT2D eigenvalue weighted by atomic mass is 10.6. The largest absolute Gasteiger partial charge is 0.184 e. The highest BCUT2D eigenvalue weighted by atomic mass is 79.9. The smallest absolute Gasteiger partial charge is 0.128 e. The van der Waals surface area contributed by atoms with E-state index in [2.05, 4.69) is 38.3 Å². The quantitative estimate of drug-likeness (QED) is 0.522. The van der Waals surface area contributed by atoms with E-state index in [4.69, 9.17) is 0 Å². The first-order valence-electron chi connectivity index (χ1n) is 2.16. The van der Waals surface area contributed by atoms with Crippen LogP contribution in [0.5, 0.6) is 0 Å². The molecule has 1 aromatic heterocycles. The van der Waals surface area contributed by atoms with Gasteiger partial charge >= 0.3 is 0 Å². The first-order chi connectivity index (χ1) is 4.33. The van der Waals surface area contributed by atoms with E-state index in [0.29, 0.717) is 0 Å². The van der Waals surface area contributed by atoms with Gasteiger partial charge in [-0.15, -0.1) is 11.3 Å². The zero-order chi connectivity index (χ0) is 6.69. The van der Waals surface area contributed by atoms with E-state index in [1.165, 1.54) is 11.3 Å². The molecular formula is C5H2BrNS2. The Kier molecular flexibility index (Phi) is 2.54. The third-order valence-electron chi connectivity index (χ3n) is 0.715. The van der Waals surface area contributed by atoms with Gasteiger partial charge in [0.15, 0.2) is 0 Å². The Morgan fingerprint density at radius 3 is 2.89 bits per heavy atom. The second-order valence-corrected chi connectivity index (χ2v) is 3.90. The Bertz CT molecular complexity index is 249. The fourth-order valence-corrected chi connectivity index (χ4v) is 1.76. The SMILES string of the molecule is S=C=Nc1ccc(Br)s1. The Hall–Kier alpha value is -0.0200. The molecule has 1 heterocycles. The fourth-order valence-electron chi connectivity index (χ4n) is 0.410. The van der Waals surface area contributed by atoms with Crippen molar-refractivity contribution >= 4 is 49.6 Å². The van der Waals surface area contributed by atoms with Crippen LogP contribution in [0.3, 0.4) is 0 Å². The van der Waals surface area contributed by atoms with Gasteiger partial charge in [-0.1, -0.05) is 0 Å². The van der Waals surface area contributed by atoms with Gasteiger partial charge in [0.25, 0.3) is 0 Å². The minimum absolute atomic E-state index is 0.886. The average molecular weight is 220 g/mol. The number of hydrogen-bond donors (Lipinski definition) is 0. The summed E-state index contributed by atoms with van der Waals surface area (Å²) in [6, 6.07) is 3.81. The molecule has 0 bridgehead atoms. The van der Waals surface area contributed by atoms with Gasteiger partial charge in [-0.05, 0) is 40.3 Å². The summed E-state index contributed by atoms with van der Waals surface area (Å²) in [6.07, 6.45) is 0. The molecule has 0 aliphatic carbocycles. The molecule has 0 fully saturated rings. The number of thiocarbonyl (C=S) groups is 1. The normalized spacial score (nSPS) is 8.56. The Balaban J connectivity index is 2.97. The van der Waals surface area contributed by atoms with Crippen molar-refractivity contribution in [3.63, 3.8) is 0 Å². The number of hydrogen-bond acceptors (Lipinski definition) is 3. The molecule has 1 aromatic rings. The van der Waals surface area contributed by atoms with E-state index in [1.54, 1.807) is 0 Å². The monoisotopic (exact) mass is 219 g/mol. The molecule has 46 valence electrons. The minimum Gasteiger partial charge on any atom is -0.184 e. The molecule has 0 aliphatic rings.